The van der Waals surface area contributed by atoms with E-state index in [0.717, 1.165) is 0 Å². The second kappa shape index (κ2) is 4.56. The van der Waals surface area contributed by atoms with Gasteiger partial charge in [-0.3, -0.25) is 0 Å². The number of aromatic carboxylic acids is 1. The number of carboxylic acids is 1. The van der Waals surface area contributed by atoms with Gasteiger partial charge in [0.2, 0.25) is 0 Å². The zero-order valence-corrected chi connectivity index (χ0v) is 9.40. The molecular formula is C13H16O3. The normalized spacial score (nSPS) is 15.6. The van der Waals surface area contributed by atoms with Crippen molar-refractivity contribution in [2.24, 2.45) is 5.92 Å². The van der Waals surface area contributed by atoms with Crippen LogP contribution in [0.15, 0.2) is 18.2 Å². The van der Waals surface area contributed by atoms with Crippen LogP contribution in [0.2, 0.25) is 0 Å². The maximum atomic E-state index is 10.9. The minimum Gasteiger partial charge on any atom is -0.493 e. The first-order chi connectivity index (χ1) is 7.68. The lowest BCUT2D eigenvalue weighted by molar-refractivity contribution is 0.0695. The van der Waals surface area contributed by atoms with Crippen LogP contribution in [-0.4, -0.2) is 17.7 Å². The fourth-order valence-electron chi connectivity index (χ4n) is 1.87. The summed E-state index contributed by atoms with van der Waals surface area (Å²) in [5.74, 6) is 0.464. The van der Waals surface area contributed by atoms with Crippen molar-refractivity contribution in [2.75, 3.05) is 6.61 Å². The van der Waals surface area contributed by atoms with Crippen LogP contribution in [0.25, 0.3) is 0 Å². The highest BCUT2D eigenvalue weighted by atomic mass is 16.5. The molecule has 0 atom stereocenters. The smallest absolute Gasteiger partial charge is 0.336 e. The van der Waals surface area contributed by atoms with Crippen LogP contribution < -0.4 is 4.74 Å². The van der Waals surface area contributed by atoms with Gasteiger partial charge in [-0.15, -0.1) is 0 Å². The van der Waals surface area contributed by atoms with Gasteiger partial charge in [0.25, 0.3) is 0 Å². The molecule has 1 saturated carbocycles. The molecule has 0 amide bonds. The average Bonchev–Trinajstić information content (AvgIpc) is 2.17. The Morgan fingerprint density at radius 2 is 2.25 bits per heavy atom. The standard InChI is InChI=1S/C13H16O3/c1-9-11(13(14)15)6-3-7-12(9)16-8-10-4-2-5-10/h3,6-7,10H,2,4-5,8H2,1H3,(H,14,15). The molecule has 1 fully saturated rings. The molecule has 2 rings (SSSR count). The third-order valence-electron chi connectivity index (χ3n) is 3.21. The maximum absolute atomic E-state index is 10.9. The van der Waals surface area contributed by atoms with Gasteiger partial charge in [-0.05, 0) is 37.8 Å². The molecule has 0 bridgehead atoms. The Kier molecular flexibility index (Phi) is 3.13. The SMILES string of the molecule is Cc1c(OCC2CCC2)cccc1C(=O)O. The van der Waals surface area contributed by atoms with Gasteiger partial charge in [0.1, 0.15) is 5.75 Å². The van der Waals surface area contributed by atoms with Crippen molar-refractivity contribution in [1.29, 1.82) is 0 Å². The molecule has 0 aromatic heterocycles. The van der Waals surface area contributed by atoms with Crippen molar-refractivity contribution in [1.82, 2.24) is 0 Å². The topological polar surface area (TPSA) is 46.5 Å². The van der Waals surface area contributed by atoms with Crippen molar-refractivity contribution in [3.8, 4) is 5.75 Å². The third-order valence-corrected chi connectivity index (χ3v) is 3.21. The van der Waals surface area contributed by atoms with Crippen molar-refractivity contribution in [3.63, 3.8) is 0 Å². The number of carbonyl (C=O) groups is 1. The Labute approximate surface area is 95.0 Å². The molecule has 0 heterocycles. The van der Waals surface area contributed by atoms with E-state index >= 15 is 0 Å². The second-order valence-corrected chi connectivity index (χ2v) is 4.34. The summed E-state index contributed by atoms with van der Waals surface area (Å²) in [7, 11) is 0. The Morgan fingerprint density at radius 3 is 2.81 bits per heavy atom. The van der Waals surface area contributed by atoms with Crippen LogP contribution in [0.3, 0.4) is 0 Å². The number of hydrogen-bond donors (Lipinski definition) is 1. The lowest BCUT2D eigenvalue weighted by Crippen LogP contribution is -2.19. The summed E-state index contributed by atoms with van der Waals surface area (Å²) in [5.41, 5.74) is 1.04. The molecule has 86 valence electrons. The Hall–Kier alpha value is -1.51. The number of ether oxygens (including phenoxy) is 1. The molecule has 1 N–H and O–H groups in total. The highest BCUT2D eigenvalue weighted by Gasteiger charge is 2.19. The zero-order valence-electron chi connectivity index (χ0n) is 9.40. The number of rotatable bonds is 4. The predicted octanol–water partition coefficient (Wildman–Crippen LogP) is 2.87. The van der Waals surface area contributed by atoms with Crippen LogP contribution in [-0.2, 0) is 0 Å². The van der Waals surface area contributed by atoms with Gasteiger partial charge < -0.3 is 9.84 Å². The van der Waals surface area contributed by atoms with Crippen LogP contribution in [0, 0.1) is 12.8 Å². The van der Waals surface area contributed by atoms with Crippen LogP contribution >= 0.6 is 0 Å². The molecule has 3 heteroatoms. The van der Waals surface area contributed by atoms with E-state index in [1.165, 1.54) is 19.3 Å². The molecule has 1 aromatic rings. The fourth-order valence-corrected chi connectivity index (χ4v) is 1.87. The lowest BCUT2D eigenvalue weighted by Gasteiger charge is -2.25. The summed E-state index contributed by atoms with van der Waals surface area (Å²) < 4.78 is 5.67. The first kappa shape index (κ1) is 11.0. The van der Waals surface area contributed by atoms with Gasteiger partial charge in [-0.2, -0.15) is 0 Å². The number of carboxylic acid groups (broad SMARTS) is 1. The quantitative estimate of drug-likeness (QED) is 0.848. The first-order valence-corrected chi connectivity index (χ1v) is 5.64. The van der Waals surface area contributed by atoms with Crippen molar-refractivity contribution in [2.45, 2.75) is 26.2 Å². The highest BCUT2D eigenvalue weighted by Crippen LogP contribution is 2.28. The van der Waals surface area contributed by atoms with Crippen molar-refractivity contribution < 1.29 is 14.6 Å². The predicted molar refractivity (Wildman–Crippen MR) is 61.0 cm³/mol. The molecular weight excluding hydrogens is 204 g/mol. The molecule has 0 aliphatic heterocycles. The lowest BCUT2D eigenvalue weighted by atomic mass is 9.86. The fraction of sp³-hybridized carbons (Fsp3) is 0.462. The molecule has 0 unspecified atom stereocenters. The molecule has 1 aliphatic rings. The number of benzene rings is 1. The third kappa shape index (κ3) is 2.18. The summed E-state index contributed by atoms with van der Waals surface area (Å²) in [4.78, 5) is 10.9. The molecule has 0 spiro atoms. The van der Waals surface area contributed by atoms with E-state index in [4.69, 9.17) is 9.84 Å². The Bertz CT molecular complexity index is 394. The van der Waals surface area contributed by atoms with Gasteiger partial charge in [-0.1, -0.05) is 12.5 Å². The van der Waals surface area contributed by atoms with E-state index in [1.807, 2.05) is 6.07 Å². The van der Waals surface area contributed by atoms with E-state index in [-0.39, 0.29) is 0 Å². The molecule has 16 heavy (non-hydrogen) atoms. The molecule has 1 aliphatic carbocycles. The van der Waals surface area contributed by atoms with Gasteiger partial charge in [-0.25, -0.2) is 4.79 Å². The summed E-state index contributed by atoms with van der Waals surface area (Å²) in [6.45, 7) is 2.50. The van der Waals surface area contributed by atoms with E-state index in [2.05, 4.69) is 0 Å². The van der Waals surface area contributed by atoms with Crippen LogP contribution in [0.5, 0.6) is 5.75 Å². The maximum Gasteiger partial charge on any atom is 0.336 e. The summed E-state index contributed by atoms with van der Waals surface area (Å²) in [6, 6.07) is 5.17. The monoisotopic (exact) mass is 220 g/mol. The van der Waals surface area contributed by atoms with Crippen LogP contribution in [0.1, 0.15) is 35.2 Å². The zero-order chi connectivity index (χ0) is 11.5. The Morgan fingerprint density at radius 1 is 1.50 bits per heavy atom. The minimum atomic E-state index is -0.897. The largest absolute Gasteiger partial charge is 0.493 e. The molecule has 0 radical (unpaired) electrons. The van der Waals surface area contributed by atoms with Gasteiger partial charge in [0, 0.05) is 5.56 Å². The van der Waals surface area contributed by atoms with Gasteiger partial charge >= 0.3 is 5.97 Å². The summed E-state index contributed by atoms with van der Waals surface area (Å²) in [5, 5.41) is 8.97. The van der Waals surface area contributed by atoms with Crippen molar-refractivity contribution in [3.05, 3.63) is 29.3 Å². The second-order valence-electron chi connectivity index (χ2n) is 4.34. The van der Waals surface area contributed by atoms with E-state index in [0.29, 0.717) is 29.4 Å². The Balaban J connectivity index is 2.07. The molecule has 0 saturated heterocycles. The average molecular weight is 220 g/mol. The molecule has 3 nitrogen and oxygen atoms in total. The van der Waals surface area contributed by atoms with E-state index in [9.17, 15) is 4.79 Å². The van der Waals surface area contributed by atoms with Crippen LogP contribution in [0.4, 0.5) is 0 Å². The molecule has 1 aromatic carbocycles. The number of hydrogen-bond acceptors (Lipinski definition) is 2. The van der Waals surface area contributed by atoms with Gasteiger partial charge in [0.05, 0.1) is 12.2 Å². The highest BCUT2D eigenvalue weighted by molar-refractivity contribution is 5.90. The van der Waals surface area contributed by atoms with E-state index in [1.54, 1.807) is 19.1 Å². The summed E-state index contributed by atoms with van der Waals surface area (Å²) >= 11 is 0. The van der Waals surface area contributed by atoms with Gasteiger partial charge in [0.15, 0.2) is 0 Å². The summed E-state index contributed by atoms with van der Waals surface area (Å²) in [6.07, 6.45) is 3.76. The first-order valence-electron chi connectivity index (χ1n) is 5.64. The van der Waals surface area contributed by atoms with E-state index < -0.39 is 5.97 Å². The van der Waals surface area contributed by atoms with Crippen molar-refractivity contribution >= 4 is 5.97 Å². The minimum absolute atomic E-state index is 0.325.